The molecule has 144 valence electrons. The molecule has 2 N–H and O–H groups in total. The van der Waals surface area contributed by atoms with Gasteiger partial charge in [-0.2, -0.15) is 0 Å². The lowest BCUT2D eigenvalue weighted by Crippen LogP contribution is -2.56. The number of hydrogen-bond donors (Lipinski definition) is 2. The molecule has 2 heterocycles. The minimum Gasteiger partial charge on any atom is -0.481 e. The third-order valence-electron chi connectivity index (χ3n) is 5.10. The lowest BCUT2D eigenvalue weighted by atomic mass is 9.73. The first-order valence-corrected chi connectivity index (χ1v) is 8.81. The molecule has 1 aromatic carbocycles. The van der Waals surface area contributed by atoms with Crippen LogP contribution in [0.2, 0.25) is 0 Å². The number of carboxylic acids is 1. The van der Waals surface area contributed by atoms with Gasteiger partial charge < -0.3 is 14.9 Å². The van der Waals surface area contributed by atoms with E-state index in [9.17, 15) is 19.4 Å². The fourth-order valence-corrected chi connectivity index (χ4v) is 3.61. The first-order chi connectivity index (χ1) is 12.9. The highest BCUT2D eigenvalue weighted by molar-refractivity contribution is 5.76. The van der Waals surface area contributed by atoms with Gasteiger partial charge in [0.25, 0.3) is 0 Å². The van der Waals surface area contributed by atoms with Crippen LogP contribution in [-0.4, -0.2) is 52.4 Å². The normalized spacial score (nSPS) is 23.1. The average Bonchev–Trinajstić information content (AvgIpc) is 2.66. The van der Waals surface area contributed by atoms with Crippen LogP contribution in [0.3, 0.4) is 0 Å². The lowest BCUT2D eigenvalue weighted by molar-refractivity contribution is -0.163. The highest BCUT2D eigenvalue weighted by atomic mass is 19.1. The van der Waals surface area contributed by atoms with Crippen molar-refractivity contribution in [2.75, 3.05) is 20.2 Å². The average molecular weight is 374 g/mol. The van der Waals surface area contributed by atoms with Gasteiger partial charge in [0.05, 0.1) is 18.9 Å². The van der Waals surface area contributed by atoms with Crippen LogP contribution in [0.25, 0.3) is 0 Å². The second-order valence-corrected chi connectivity index (χ2v) is 6.95. The van der Waals surface area contributed by atoms with Gasteiger partial charge in [0.2, 0.25) is 5.88 Å². The summed E-state index contributed by atoms with van der Waals surface area (Å²) in [5, 5.41) is 20.5. The number of piperidine rings is 1. The fraction of sp³-hybridized carbons (Fsp3) is 0.400. The van der Waals surface area contributed by atoms with E-state index in [-0.39, 0.29) is 18.8 Å². The monoisotopic (exact) mass is 374 g/mol. The van der Waals surface area contributed by atoms with E-state index in [1.165, 1.54) is 12.1 Å². The number of carbonyl (C=O) groups is 1. The topological polar surface area (TPSA) is 82.9 Å². The Kier molecular flexibility index (Phi) is 5.72. The van der Waals surface area contributed by atoms with E-state index in [2.05, 4.69) is 4.98 Å². The number of pyridine rings is 1. The Morgan fingerprint density at radius 1 is 1.33 bits per heavy atom. The Balaban J connectivity index is 1.81. The maximum atomic E-state index is 13.2. The van der Waals surface area contributed by atoms with E-state index in [1.54, 1.807) is 25.3 Å². The lowest BCUT2D eigenvalue weighted by Gasteiger charge is -2.43. The van der Waals surface area contributed by atoms with Crippen molar-refractivity contribution >= 4 is 5.97 Å². The summed E-state index contributed by atoms with van der Waals surface area (Å²) in [7, 11) is 1.54. The zero-order chi connectivity index (χ0) is 19.4. The number of rotatable bonds is 6. The number of methoxy groups -OCH3 is 1. The van der Waals surface area contributed by atoms with E-state index in [0.29, 0.717) is 31.0 Å². The largest absolute Gasteiger partial charge is 0.481 e. The van der Waals surface area contributed by atoms with E-state index in [1.807, 2.05) is 17.0 Å². The summed E-state index contributed by atoms with van der Waals surface area (Å²) >= 11 is 0. The number of aliphatic hydroxyl groups excluding tert-OH is 1. The number of aromatic nitrogens is 1. The summed E-state index contributed by atoms with van der Waals surface area (Å²) in [4.78, 5) is 18.5. The Labute approximate surface area is 157 Å². The Morgan fingerprint density at radius 3 is 2.74 bits per heavy atom. The van der Waals surface area contributed by atoms with Crippen LogP contribution in [0.5, 0.6) is 5.88 Å². The first kappa shape index (κ1) is 19.3. The molecule has 1 aliphatic heterocycles. The van der Waals surface area contributed by atoms with E-state index in [4.69, 9.17) is 4.74 Å². The molecule has 0 unspecified atom stereocenters. The number of carboxylic acid groups (broad SMARTS) is 1. The predicted octanol–water partition coefficient (Wildman–Crippen LogP) is 2.11. The highest BCUT2D eigenvalue weighted by Crippen LogP contribution is 2.35. The molecule has 0 bridgehead atoms. The van der Waals surface area contributed by atoms with Gasteiger partial charge in [-0.15, -0.1) is 0 Å². The Morgan fingerprint density at radius 2 is 2.07 bits per heavy atom. The quantitative estimate of drug-likeness (QED) is 0.806. The van der Waals surface area contributed by atoms with Gasteiger partial charge in [-0.25, -0.2) is 9.37 Å². The molecule has 3 rings (SSSR count). The Hall–Kier alpha value is -2.51. The van der Waals surface area contributed by atoms with Crippen molar-refractivity contribution in [3.8, 4) is 5.88 Å². The van der Waals surface area contributed by atoms with Crippen molar-refractivity contribution in [3.63, 3.8) is 0 Å². The molecule has 0 aliphatic carbocycles. The third kappa shape index (κ3) is 4.26. The standard InChI is InChI=1S/C20H23FN2O4/c1-27-18-4-2-3-16(22-18)12-23-10-9-17(24)20(13-23,19(25)26)11-14-5-7-15(21)8-6-14/h2-8,17,24H,9-13H2,1H3,(H,25,26)/t17-,20-/m1/s1. The number of aliphatic hydroxyl groups is 1. The molecule has 1 fully saturated rings. The fourth-order valence-electron chi connectivity index (χ4n) is 3.61. The summed E-state index contributed by atoms with van der Waals surface area (Å²) in [6.45, 7) is 1.21. The molecule has 0 spiro atoms. The van der Waals surface area contributed by atoms with Crippen LogP contribution in [0.4, 0.5) is 4.39 Å². The van der Waals surface area contributed by atoms with Crippen molar-refractivity contribution in [3.05, 3.63) is 59.5 Å². The number of nitrogens with zero attached hydrogens (tertiary/aromatic N) is 2. The molecule has 1 aliphatic rings. The van der Waals surface area contributed by atoms with Gasteiger partial charge in [0.15, 0.2) is 0 Å². The number of ether oxygens (including phenoxy) is 1. The minimum absolute atomic E-state index is 0.131. The number of benzene rings is 1. The Bertz CT molecular complexity index is 799. The number of halogens is 1. The van der Waals surface area contributed by atoms with E-state index < -0.39 is 17.5 Å². The molecular weight excluding hydrogens is 351 g/mol. The van der Waals surface area contributed by atoms with Crippen molar-refractivity contribution in [1.29, 1.82) is 0 Å². The number of hydrogen-bond acceptors (Lipinski definition) is 5. The van der Waals surface area contributed by atoms with Crippen LogP contribution in [0, 0.1) is 11.2 Å². The van der Waals surface area contributed by atoms with E-state index in [0.717, 1.165) is 5.69 Å². The maximum Gasteiger partial charge on any atom is 0.313 e. The van der Waals surface area contributed by atoms with Crippen molar-refractivity contribution in [2.24, 2.45) is 5.41 Å². The molecule has 1 aromatic heterocycles. The SMILES string of the molecule is COc1cccc(CN2CC[C@@H](O)[C@](Cc3ccc(F)cc3)(C(=O)O)C2)n1. The maximum absolute atomic E-state index is 13.2. The van der Waals surface area contributed by atoms with Gasteiger partial charge >= 0.3 is 5.97 Å². The summed E-state index contributed by atoms with van der Waals surface area (Å²) in [6, 6.07) is 11.2. The van der Waals surface area contributed by atoms with Crippen LogP contribution < -0.4 is 4.74 Å². The summed E-state index contributed by atoms with van der Waals surface area (Å²) in [5.74, 6) is -0.930. The van der Waals surface area contributed by atoms with Crippen LogP contribution in [0.15, 0.2) is 42.5 Å². The second kappa shape index (κ2) is 8.02. The van der Waals surface area contributed by atoms with Crippen LogP contribution in [0.1, 0.15) is 17.7 Å². The zero-order valence-corrected chi connectivity index (χ0v) is 15.1. The molecule has 7 heteroatoms. The molecule has 1 saturated heterocycles. The number of likely N-dealkylation sites (tertiary alicyclic amines) is 1. The first-order valence-electron chi connectivity index (χ1n) is 8.81. The van der Waals surface area contributed by atoms with Crippen LogP contribution >= 0.6 is 0 Å². The molecule has 2 atom stereocenters. The molecule has 0 radical (unpaired) electrons. The van der Waals surface area contributed by atoms with Crippen molar-refractivity contribution in [1.82, 2.24) is 9.88 Å². The van der Waals surface area contributed by atoms with Crippen molar-refractivity contribution < 1.29 is 24.1 Å². The van der Waals surface area contributed by atoms with Gasteiger partial charge in [-0.3, -0.25) is 9.69 Å². The van der Waals surface area contributed by atoms with Gasteiger partial charge in [0, 0.05) is 25.7 Å². The zero-order valence-electron chi connectivity index (χ0n) is 15.1. The van der Waals surface area contributed by atoms with Gasteiger partial charge in [-0.1, -0.05) is 18.2 Å². The summed E-state index contributed by atoms with van der Waals surface area (Å²) in [5.41, 5.74) is 0.0978. The van der Waals surface area contributed by atoms with Gasteiger partial charge in [-0.05, 0) is 36.6 Å². The van der Waals surface area contributed by atoms with Crippen LogP contribution in [-0.2, 0) is 17.8 Å². The molecule has 0 amide bonds. The number of aliphatic carboxylic acids is 1. The minimum atomic E-state index is -1.35. The molecule has 0 saturated carbocycles. The van der Waals surface area contributed by atoms with E-state index >= 15 is 0 Å². The highest BCUT2D eigenvalue weighted by Gasteiger charge is 2.49. The third-order valence-corrected chi connectivity index (χ3v) is 5.10. The second-order valence-electron chi connectivity index (χ2n) is 6.95. The van der Waals surface area contributed by atoms with Crippen molar-refractivity contribution in [2.45, 2.75) is 25.5 Å². The predicted molar refractivity (Wildman–Crippen MR) is 96.9 cm³/mol. The summed E-state index contributed by atoms with van der Waals surface area (Å²) < 4.78 is 18.3. The molecule has 2 aromatic rings. The molecule has 27 heavy (non-hydrogen) atoms. The summed E-state index contributed by atoms with van der Waals surface area (Å²) in [6.07, 6.45) is -0.502. The molecular formula is C20H23FN2O4. The molecule has 6 nitrogen and oxygen atoms in total. The van der Waals surface area contributed by atoms with Gasteiger partial charge in [0.1, 0.15) is 11.2 Å². The smallest absolute Gasteiger partial charge is 0.313 e.